The smallest absolute Gasteiger partial charge is 0.224 e. The van der Waals surface area contributed by atoms with Gasteiger partial charge in [-0.1, -0.05) is 6.07 Å². The Morgan fingerprint density at radius 2 is 2.05 bits per heavy atom. The average Bonchev–Trinajstić information content (AvgIpc) is 2.49. The van der Waals surface area contributed by atoms with Crippen LogP contribution in [0.3, 0.4) is 0 Å². The number of ether oxygens (including phenoxy) is 1. The number of hydrogen-bond acceptors (Lipinski definition) is 4. The summed E-state index contributed by atoms with van der Waals surface area (Å²) in [7, 11) is 0. The number of fused-ring (bicyclic) bond motifs is 1. The molecule has 2 heterocycles. The lowest BCUT2D eigenvalue weighted by Gasteiger charge is -2.10. The second-order valence-electron chi connectivity index (χ2n) is 4.20. The van der Waals surface area contributed by atoms with E-state index in [1.165, 1.54) is 0 Å². The highest BCUT2D eigenvalue weighted by Gasteiger charge is 2.09. The van der Waals surface area contributed by atoms with Gasteiger partial charge in [-0.3, -0.25) is 4.98 Å². The highest BCUT2D eigenvalue weighted by atomic mass is 79.9. The predicted octanol–water partition coefficient (Wildman–Crippen LogP) is 3.68. The molecule has 0 saturated carbocycles. The normalized spacial score (nSPS) is 10.7. The van der Waals surface area contributed by atoms with Crippen LogP contribution >= 0.6 is 15.9 Å². The van der Waals surface area contributed by atoms with Crippen molar-refractivity contribution in [1.82, 2.24) is 9.97 Å². The van der Waals surface area contributed by atoms with E-state index in [9.17, 15) is 5.11 Å². The molecule has 0 atom stereocenters. The Kier molecular flexibility index (Phi) is 3.62. The second kappa shape index (κ2) is 5.56. The summed E-state index contributed by atoms with van der Waals surface area (Å²) >= 11 is 3.32. The lowest BCUT2D eigenvalue weighted by Crippen LogP contribution is -1.95. The molecule has 0 unspecified atom stereocenters. The molecule has 0 aliphatic rings. The van der Waals surface area contributed by atoms with Crippen LogP contribution in [0.15, 0.2) is 53.3 Å². The first-order valence-corrected chi connectivity index (χ1v) is 6.84. The van der Waals surface area contributed by atoms with Gasteiger partial charge in [-0.15, -0.1) is 0 Å². The molecular weight excluding hydrogens is 320 g/mol. The van der Waals surface area contributed by atoms with Gasteiger partial charge in [-0.05, 0) is 46.3 Å². The topological polar surface area (TPSA) is 55.2 Å². The molecule has 20 heavy (non-hydrogen) atoms. The van der Waals surface area contributed by atoms with Gasteiger partial charge < -0.3 is 9.84 Å². The van der Waals surface area contributed by atoms with E-state index in [1.54, 1.807) is 18.5 Å². The zero-order chi connectivity index (χ0) is 13.9. The fourth-order valence-electron chi connectivity index (χ4n) is 1.94. The summed E-state index contributed by atoms with van der Waals surface area (Å²) in [5.74, 6) is 1.06. The van der Waals surface area contributed by atoms with Gasteiger partial charge in [0.15, 0.2) is 0 Å². The van der Waals surface area contributed by atoms with Crippen LogP contribution in [0.2, 0.25) is 0 Å². The zero-order valence-electron chi connectivity index (χ0n) is 10.5. The Morgan fingerprint density at radius 3 is 2.90 bits per heavy atom. The van der Waals surface area contributed by atoms with Crippen molar-refractivity contribution in [2.75, 3.05) is 0 Å². The van der Waals surface area contributed by atoms with E-state index >= 15 is 0 Å². The number of pyridine rings is 2. The van der Waals surface area contributed by atoms with Gasteiger partial charge in [0.05, 0.1) is 12.1 Å². The Morgan fingerprint density at radius 1 is 1.15 bits per heavy atom. The quantitative estimate of drug-likeness (QED) is 0.795. The van der Waals surface area contributed by atoms with Gasteiger partial charge in [0, 0.05) is 27.8 Å². The molecule has 3 rings (SSSR count). The molecule has 100 valence electrons. The molecule has 0 fully saturated rings. The van der Waals surface area contributed by atoms with E-state index in [2.05, 4.69) is 25.9 Å². The van der Waals surface area contributed by atoms with E-state index in [4.69, 9.17) is 4.74 Å². The zero-order valence-corrected chi connectivity index (χ0v) is 12.0. The van der Waals surface area contributed by atoms with Gasteiger partial charge in [0.2, 0.25) is 5.88 Å². The number of nitrogens with zero attached hydrogens (tertiary/aromatic N) is 2. The van der Waals surface area contributed by atoms with Crippen LogP contribution in [0.1, 0.15) is 5.56 Å². The van der Waals surface area contributed by atoms with E-state index in [0.29, 0.717) is 17.2 Å². The van der Waals surface area contributed by atoms with E-state index < -0.39 is 0 Å². The van der Waals surface area contributed by atoms with Crippen LogP contribution in [0.5, 0.6) is 11.6 Å². The van der Waals surface area contributed by atoms with Crippen molar-refractivity contribution in [2.45, 2.75) is 6.61 Å². The third kappa shape index (κ3) is 2.50. The summed E-state index contributed by atoms with van der Waals surface area (Å²) in [5.41, 5.74) is 1.48. The highest BCUT2D eigenvalue weighted by Crippen LogP contribution is 2.30. The van der Waals surface area contributed by atoms with Crippen molar-refractivity contribution >= 4 is 26.8 Å². The molecule has 0 radical (unpaired) electrons. The summed E-state index contributed by atoms with van der Waals surface area (Å²) in [6.07, 6.45) is 3.38. The summed E-state index contributed by atoms with van der Waals surface area (Å²) in [4.78, 5) is 8.48. The van der Waals surface area contributed by atoms with E-state index in [1.807, 2.05) is 30.3 Å². The Bertz CT molecular complexity index is 756. The number of halogens is 1. The molecule has 0 bridgehead atoms. The SMILES string of the molecule is OCc1cc(Br)cnc1Oc1cccc2ncccc12. The van der Waals surface area contributed by atoms with Gasteiger partial charge in [0.1, 0.15) is 5.75 Å². The first kappa shape index (κ1) is 13.0. The van der Waals surface area contributed by atoms with E-state index in [-0.39, 0.29) is 6.61 Å². The summed E-state index contributed by atoms with van der Waals surface area (Å²) in [6, 6.07) is 11.2. The Hall–Kier alpha value is -1.98. The predicted molar refractivity (Wildman–Crippen MR) is 79.7 cm³/mol. The summed E-state index contributed by atoms with van der Waals surface area (Å²) in [6.45, 7) is -0.134. The van der Waals surface area contributed by atoms with Crippen molar-refractivity contribution in [3.05, 3.63) is 58.8 Å². The van der Waals surface area contributed by atoms with Crippen molar-refractivity contribution < 1.29 is 9.84 Å². The molecule has 1 aromatic carbocycles. The number of aromatic nitrogens is 2. The van der Waals surface area contributed by atoms with Crippen molar-refractivity contribution in [2.24, 2.45) is 0 Å². The maximum atomic E-state index is 9.38. The molecule has 0 aliphatic heterocycles. The molecule has 0 saturated heterocycles. The number of aliphatic hydroxyl groups excluding tert-OH is 1. The van der Waals surface area contributed by atoms with Crippen molar-refractivity contribution in [3.63, 3.8) is 0 Å². The third-order valence-electron chi connectivity index (χ3n) is 2.87. The monoisotopic (exact) mass is 330 g/mol. The van der Waals surface area contributed by atoms with Crippen molar-refractivity contribution in [1.29, 1.82) is 0 Å². The van der Waals surface area contributed by atoms with E-state index in [0.717, 1.165) is 15.4 Å². The summed E-state index contributed by atoms with van der Waals surface area (Å²) < 4.78 is 6.64. The minimum Gasteiger partial charge on any atom is -0.438 e. The molecule has 2 aromatic heterocycles. The summed E-state index contributed by atoms with van der Waals surface area (Å²) in [5, 5.41) is 10.3. The third-order valence-corrected chi connectivity index (χ3v) is 3.31. The lowest BCUT2D eigenvalue weighted by molar-refractivity contribution is 0.275. The average molecular weight is 331 g/mol. The number of aliphatic hydroxyl groups is 1. The second-order valence-corrected chi connectivity index (χ2v) is 5.12. The van der Waals surface area contributed by atoms with Crippen LogP contribution in [0, 0.1) is 0 Å². The number of benzene rings is 1. The first-order chi connectivity index (χ1) is 9.78. The minimum atomic E-state index is -0.134. The maximum absolute atomic E-state index is 9.38. The Balaban J connectivity index is 2.05. The van der Waals surface area contributed by atoms with Gasteiger partial charge >= 0.3 is 0 Å². The maximum Gasteiger partial charge on any atom is 0.224 e. The fourth-order valence-corrected chi connectivity index (χ4v) is 2.32. The van der Waals surface area contributed by atoms with Gasteiger partial charge in [-0.25, -0.2) is 4.98 Å². The molecule has 0 aliphatic carbocycles. The molecule has 0 amide bonds. The molecular formula is C15H11BrN2O2. The number of hydrogen-bond donors (Lipinski definition) is 1. The van der Waals surface area contributed by atoms with Crippen LogP contribution in [0.25, 0.3) is 10.9 Å². The minimum absolute atomic E-state index is 0.134. The molecule has 0 spiro atoms. The van der Waals surface area contributed by atoms with Crippen LogP contribution < -0.4 is 4.74 Å². The molecule has 3 aromatic rings. The van der Waals surface area contributed by atoms with Crippen LogP contribution in [-0.2, 0) is 6.61 Å². The van der Waals surface area contributed by atoms with Gasteiger partial charge in [-0.2, -0.15) is 0 Å². The molecule has 1 N–H and O–H groups in total. The van der Waals surface area contributed by atoms with Crippen LogP contribution in [-0.4, -0.2) is 15.1 Å². The number of rotatable bonds is 3. The highest BCUT2D eigenvalue weighted by molar-refractivity contribution is 9.10. The van der Waals surface area contributed by atoms with Crippen molar-refractivity contribution in [3.8, 4) is 11.6 Å². The molecule has 5 heteroatoms. The van der Waals surface area contributed by atoms with Crippen LogP contribution in [0.4, 0.5) is 0 Å². The van der Waals surface area contributed by atoms with Gasteiger partial charge in [0.25, 0.3) is 0 Å². The first-order valence-electron chi connectivity index (χ1n) is 6.05. The largest absolute Gasteiger partial charge is 0.438 e. The Labute approximate surface area is 124 Å². The standard InChI is InChI=1S/C15H11BrN2O2/c16-11-7-10(9-19)15(18-8-11)20-14-5-1-4-13-12(14)3-2-6-17-13/h1-8,19H,9H2. The lowest BCUT2D eigenvalue weighted by atomic mass is 10.2. The fraction of sp³-hybridized carbons (Fsp3) is 0.0667. The molecule has 4 nitrogen and oxygen atoms in total.